The molecule has 1 fully saturated rings. The summed E-state index contributed by atoms with van der Waals surface area (Å²) in [6.45, 7) is 0. The van der Waals surface area contributed by atoms with E-state index in [1.807, 2.05) is 24.4 Å². The Balaban J connectivity index is 2.06. The summed E-state index contributed by atoms with van der Waals surface area (Å²) in [5.74, 6) is 0.628. The van der Waals surface area contributed by atoms with Gasteiger partial charge in [0.25, 0.3) is 0 Å². The van der Waals surface area contributed by atoms with Gasteiger partial charge in [0, 0.05) is 22.2 Å². The van der Waals surface area contributed by atoms with Crippen LogP contribution >= 0.6 is 15.9 Å². The predicted molar refractivity (Wildman–Crippen MR) is 68.6 cm³/mol. The summed E-state index contributed by atoms with van der Waals surface area (Å²) < 4.78 is 2.73. The van der Waals surface area contributed by atoms with Crippen LogP contribution in [0, 0.1) is 0 Å². The lowest BCUT2D eigenvalue weighted by molar-refractivity contribution is 0.112. The molecule has 3 rings (SSSR count). The molecule has 1 saturated carbocycles. The van der Waals surface area contributed by atoms with Crippen molar-refractivity contribution >= 4 is 22.2 Å². The van der Waals surface area contributed by atoms with Crippen LogP contribution in [0.25, 0.3) is 5.69 Å². The topological polar surface area (TPSA) is 34.9 Å². The van der Waals surface area contributed by atoms with Crippen molar-refractivity contribution in [2.75, 3.05) is 0 Å². The normalized spacial score (nSPS) is 14.9. The molecule has 0 amide bonds. The number of hydrogen-bond acceptors (Lipinski definition) is 2. The van der Waals surface area contributed by atoms with Gasteiger partial charge in [-0.25, -0.2) is 4.68 Å². The SMILES string of the molecule is O=Cc1ccc(Br)cc1-n1ccc(C2CC2)n1. The first-order valence-electron chi connectivity index (χ1n) is 5.58. The van der Waals surface area contributed by atoms with E-state index in [0.717, 1.165) is 22.1 Å². The molecule has 1 aromatic heterocycles. The summed E-state index contributed by atoms with van der Waals surface area (Å²) in [6, 6.07) is 7.60. The standard InChI is InChI=1S/C13H11BrN2O/c14-11-4-3-10(8-17)13(7-11)16-6-5-12(15-16)9-1-2-9/h3-9H,1-2H2. The highest BCUT2D eigenvalue weighted by Crippen LogP contribution is 2.39. The molecule has 0 unspecified atom stereocenters. The van der Waals surface area contributed by atoms with E-state index in [4.69, 9.17) is 0 Å². The first-order chi connectivity index (χ1) is 8.28. The number of halogens is 1. The summed E-state index contributed by atoms with van der Waals surface area (Å²) >= 11 is 3.41. The van der Waals surface area contributed by atoms with Crippen LogP contribution in [0.3, 0.4) is 0 Å². The van der Waals surface area contributed by atoms with Gasteiger partial charge in [0.05, 0.1) is 11.4 Å². The Kier molecular flexibility index (Phi) is 2.59. The molecule has 17 heavy (non-hydrogen) atoms. The van der Waals surface area contributed by atoms with Gasteiger partial charge in [-0.1, -0.05) is 15.9 Å². The zero-order valence-electron chi connectivity index (χ0n) is 9.14. The summed E-state index contributed by atoms with van der Waals surface area (Å²) in [5, 5.41) is 4.53. The van der Waals surface area contributed by atoms with Crippen molar-refractivity contribution in [2.45, 2.75) is 18.8 Å². The Labute approximate surface area is 108 Å². The summed E-state index contributed by atoms with van der Waals surface area (Å²) in [5.41, 5.74) is 2.60. The van der Waals surface area contributed by atoms with Crippen LogP contribution in [0.1, 0.15) is 34.8 Å². The van der Waals surface area contributed by atoms with Gasteiger partial charge < -0.3 is 0 Å². The molecular formula is C13H11BrN2O. The predicted octanol–water partition coefficient (Wildman–Crippen LogP) is 3.32. The summed E-state index contributed by atoms with van der Waals surface area (Å²) in [6.07, 6.45) is 5.24. The fraction of sp³-hybridized carbons (Fsp3) is 0.231. The molecule has 1 aliphatic rings. The molecule has 86 valence electrons. The molecule has 0 N–H and O–H groups in total. The molecule has 3 nitrogen and oxygen atoms in total. The number of rotatable bonds is 3. The average molecular weight is 291 g/mol. The number of aldehydes is 1. The third kappa shape index (κ3) is 2.05. The van der Waals surface area contributed by atoms with Crippen molar-refractivity contribution in [2.24, 2.45) is 0 Å². The van der Waals surface area contributed by atoms with E-state index in [2.05, 4.69) is 21.0 Å². The number of carbonyl (C=O) groups is 1. The lowest BCUT2D eigenvalue weighted by atomic mass is 10.2. The first-order valence-corrected chi connectivity index (χ1v) is 6.38. The third-order valence-electron chi connectivity index (χ3n) is 2.97. The molecule has 0 radical (unpaired) electrons. The van der Waals surface area contributed by atoms with Crippen molar-refractivity contribution in [3.8, 4) is 5.69 Å². The number of nitrogens with zero attached hydrogens (tertiary/aromatic N) is 2. The van der Waals surface area contributed by atoms with Crippen molar-refractivity contribution in [3.05, 3.63) is 46.2 Å². The van der Waals surface area contributed by atoms with E-state index in [9.17, 15) is 4.79 Å². The largest absolute Gasteiger partial charge is 0.298 e. The van der Waals surface area contributed by atoms with Gasteiger partial charge in [-0.05, 0) is 37.1 Å². The minimum absolute atomic E-state index is 0.628. The lowest BCUT2D eigenvalue weighted by Crippen LogP contribution is -2.00. The Hall–Kier alpha value is -1.42. The summed E-state index contributed by atoms with van der Waals surface area (Å²) in [7, 11) is 0. The van der Waals surface area contributed by atoms with Gasteiger partial charge in [0.1, 0.15) is 0 Å². The highest BCUT2D eigenvalue weighted by molar-refractivity contribution is 9.10. The second-order valence-electron chi connectivity index (χ2n) is 4.28. The smallest absolute Gasteiger partial charge is 0.152 e. The monoisotopic (exact) mass is 290 g/mol. The molecule has 4 heteroatoms. The molecule has 1 aromatic carbocycles. The van der Waals surface area contributed by atoms with E-state index in [-0.39, 0.29) is 0 Å². The van der Waals surface area contributed by atoms with Crippen LogP contribution in [0.5, 0.6) is 0 Å². The molecule has 0 saturated heterocycles. The van der Waals surface area contributed by atoms with Crippen molar-refractivity contribution < 1.29 is 4.79 Å². The Morgan fingerprint density at radius 3 is 2.88 bits per heavy atom. The number of carbonyl (C=O) groups excluding carboxylic acids is 1. The highest BCUT2D eigenvalue weighted by Gasteiger charge is 2.26. The van der Waals surface area contributed by atoms with Gasteiger partial charge in [0.15, 0.2) is 6.29 Å². The van der Waals surface area contributed by atoms with Gasteiger partial charge >= 0.3 is 0 Å². The molecule has 0 atom stereocenters. The number of hydrogen-bond donors (Lipinski definition) is 0. The second kappa shape index (κ2) is 4.11. The minimum atomic E-state index is 0.628. The fourth-order valence-corrected chi connectivity index (χ4v) is 2.23. The molecule has 0 spiro atoms. The second-order valence-corrected chi connectivity index (χ2v) is 5.20. The molecular weight excluding hydrogens is 280 g/mol. The average Bonchev–Trinajstić information content (AvgIpc) is 3.07. The Bertz CT molecular complexity index is 573. The van der Waals surface area contributed by atoms with E-state index in [0.29, 0.717) is 11.5 Å². The quantitative estimate of drug-likeness (QED) is 0.813. The summed E-state index contributed by atoms with van der Waals surface area (Å²) in [4.78, 5) is 11.0. The minimum Gasteiger partial charge on any atom is -0.298 e. The molecule has 1 heterocycles. The van der Waals surface area contributed by atoms with E-state index in [1.54, 1.807) is 10.7 Å². The van der Waals surface area contributed by atoms with Crippen LogP contribution in [0.4, 0.5) is 0 Å². The molecule has 2 aromatic rings. The van der Waals surface area contributed by atoms with Gasteiger partial charge in [-0.15, -0.1) is 0 Å². The van der Waals surface area contributed by atoms with E-state index in [1.165, 1.54) is 12.8 Å². The van der Waals surface area contributed by atoms with Crippen LogP contribution in [0.2, 0.25) is 0 Å². The van der Waals surface area contributed by atoms with E-state index < -0.39 is 0 Å². The fourth-order valence-electron chi connectivity index (χ4n) is 1.88. The maximum atomic E-state index is 11.0. The first kappa shape index (κ1) is 10.7. The number of benzene rings is 1. The van der Waals surface area contributed by atoms with Gasteiger partial charge in [0.2, 0.25) is 0 Å². The highest BCUT2D eigenvalue weighted by atomic mass is 79.9. The lowest BCUT2D eigenvalue weighted by Gasteiger charge is -2.05. The third-order valence-corrected chi connectivity index (χ3v) is 3.46. The Morgan fingerprint density at radius 2 is 2.18 bits per heavy atom. The van der Waals surface area contributed by atoms with Crippen molar-refractivity contribution in [3.63, 3.8) is 0 Å². The van der Waals surface area contributed by atoms with Gasteiger partial charge in [-0.3, -0.25) is 4.79 Å². The molecule has 0 bridgehead atoms. The molecule has 1 aliphatic carbocycles. The van der Waals surface area contributed by atoms with Crippen LogP contribution < -0.4 is 0 Å². The maximum absolute atomic E-state index is 11.0. The van der Waals surface area contributed by atoms with Crippen LogP contribution in [-0.2, 0) is 0 Å². The zero-order chi connectivity index (χ0) is 11.8. The van der Waals surface area contributed by atoms with E-state index >= 15 is 0 Å². The van der Waals surface area contributed by atoms with Gasteiger partial charge in [-0.2, -0.15) is 5.10 Å². The zero-order valence-corrected chi connectivity index (χ0v) is 10.7. The van der Waals surface area contributed by atoms with Crippen LogP contribution in [-0.4, -0.2) is 16.1 Å². The maximum Gasteiger partial charge on any atom is 0.152 e. The number of aromatic nitrogens is 2. The van der Waals surface area contributed by atoms with Crippen molar-refractivity contribution in [1.29, 1.82) is 0 Å². The van der Waals surface area contributed by atoms with Crippen LogP contribution in [0.15, 0.2) is 34.9 Å². The Morgan fingerprint density at radius 1 is 1.35 bits per heavy atom. The van der Waals surface area contributed by atoms with Crippen molar-refractivity contribution in [1.82, 2.24) is 9.78 Å². The molecule has 0 aliphatic heterocycles.